The van der Waals surface area contributed by atoms with Crippen LogP contribution in [0.5, 0.6) is 0 Å². The fourth-order valence-electron chi connectivity index (χ4n) is 2.51. The van der Waals surface area contributed by atoms with Crippen LogP contribution in [0.25, 0.3) is 0 Å². The smallest absolute Gasteiger partial charge is 0.235 e. The first-order valence-electron chi connectivity index (χ1n) is 6.75. The third kappa shape index (κ3) is 2.77. The second-order valence-electron chi connectivity index (χ2n) is 5.06. The summed E-state index contributed by atoms with van der Waals surface area (Å²) in [6.07, 6.45) is 1.42. The van der Waals surface area contributed by atoms with Crippen LogP contribution in [0.1, 0.15) is 43.4 Å². The normalized spacial score (nSPS) is 19.3. The lowest BCUT2D eigenvalue weighted by Gasteiger charge is -2.34. The first-order valence-corrected chi connectivity index (χ1v) is 8.36. The van der Waals surface area contributed by atoms with Crippen LogP contribution in [0.15, 0.2) is 18.2 Å². The lowest BCUT2D eigenvalue weighted by molar-refractivity contribution is 0.166. The molecular formula is C14H21NO3S. The van der Waals surface area contributed by atoms with Crippen molar-refractivity contribution < 1.29 is 13.5 Å². The van der Waals surface area contributed by atoms with E-state index in [1.54, 1.807) is 0 Å². The van der Waals surface area contributed by atoms with Gasteiger partial charge in [-0.1, -0.05) is 31.5 Å². The predicted octanol–water partition coefficient (Wildman–Crippen LogP) is 2.37. The maximum Gasteiger partial charge on any atom is 0.235 e. The predicted molar refractivity (Wildman–Crippen MR) is 76.8 cm³/mol. The van der Waals surface area contributed by atoms with Gasteiger partial charge in [0.2, 0.25) is 10.0 Å². The summed E-state index contributed by atoms with van der Waals surface area (Å²) in [5, 5.41) is 10.0. The monoisotopic (exact) mass is 283 g/mol. The molecule has 0 saturated carbocycles. The van der Waals surface area contributed by atoms with Crippen LogP contribution in [-0.4, -0.2) is 25.8 Å². The van der Waals surface area contributed by atoms with Gasteiger partial charge >= 0.3 is 0 Å². The number of hydrogen-bond donors (Lipinski definition) is 1. The molecule has 0 aromatic heterocycles. The van der Waals surface area contributed by atoms with Crippen molar-refractivity contribution in [3.63, 3.8) is 0 Å². The van der Waals surface area contributed by atoms with E-state index in [-0.39, 0.29) is 5.75 Å². The number of para-hydroxylation sites is 1. The summed E-state index contributed by atoms with van der Waals surface area (Å²) in [5.74, 6) is 0.174. The topological polar surface area (TPSA) is 57.6 Å². The van der Waals surface area contributed by atoms with Crippen molar-refractivity contribution in [1.82, 2.24) is 0 Å². The number of hydrogen-bond acceptors (Lipinski definition) is 3. The summed E-state index contributed by atoms with van der Waals surface area (Å²) in [7, 11) is -3.28. The van der Waals surface area contributed by atoms with Gasteiger partial charge in [-0.15, -0.1) is 0 Å². The van der Waals surface area contributed by atoms with E-state index in [0.717, 1.165) is 17.5 Å². The van der Waals surface area contributed by atoms with Gasteiger partial charge in [0.15, 0.2) is 0 Å². The standard InChI is InChI=1S/C14H21NO3S/c1-3-4-10-19(17,18)15-9-8-13(16)12-7-5-6-11(2)14(12)15/h5-7,13,16H,3-4,8-10H2,1-2H3. The Bertz CT molecular complexity index is 554. The average Bonchev–Trinajstić information content (AvgIpc) is 2.37. The molecule has 1 aliphatic heterocycles. The van der Waals surface area contributed by atoms with Crippen molar-refractivity contribution in [2.75, 3.05) is 16.6 Å². The zero-order valence-electron chi connectivity index (χ0n) is 11.5. The second-order valence-corrected chi connectivity index (χ2v) is 7.07. The average molecular weight is 283 g/mol. The zero-order chi connectivity index (χ0) is 14.0. The van der Waals surface area contributed by atoms with Crippen molar-refractivity contribution in [1.29, 1.82) is 0 Å². The van der Waals surface area contributed by atoms with E-state index in [2.05, 4.69) is 0 Å². The fourth-order valence-corrected chi connectivity index (χ4v) is 4.30. The lowest BCUT2D eigenvalue weighted by Crippen LogP contribution is -2.38. The van der Waals surface area contributed by atoms with Crippen molar-refractivity contribution in [3.8, 4) is 0 Å². The molecule has 0 fully saturated rings. The molecule has 0 amide bonds. The fraction of sp³-hybridized carbons (Fsp3) is 0.571. The van der Waals surface area contributed by atoms with E-state index in [0.29, 0.717) is 25.1 Å². The van der Waals surface area contributed by atoms with Crippen molar-refractivity contribution in [2.45, 2.75) is 39.2 Å². The van der Waals surface area contributed by atoms with E-state index in [9.17, 15) is 13.5 Å². The van der Waals surface area contributed by atoms with E-state index in [1.165, 1.54) is 4.31 Å². The number of anilines is 1. The van der Waals surface area contributed by atoms with Crippen LogP contribution in [-0.2, 0) is 10.0 Å². The van der Waals surface area contributed by atoms with Crippen LogP contribution in [0, 0.1) is 6.92 Å². The number of aliphatic hydroxyl groups excluding tert-OH is 1. The number of fused-ring (bicyclic) bond motifs is 1. The zero-order valence-corrected chi connectivity index (χ0v) is 12.3. The molecule has 4 nitrogen and oxygen atoms in total. The van der Waals surface area contributed by atoms with Crippen LogP contribution in [0.2, 0.25) is 0 Å². The SMILES string of the molecule is CCCCS(=O)(=O)N1CCC(O)c2cccc(C)c21. The molecule has 1 N–H and O–H groups in total. The number of rotatable bonds is 4. The Labute approximate surface area is 115 Å². The largest absolute Gasteiger partial charge is 0.388 e. The minimum Gasteiger partial charge on any atom is -0.388 e. The number of nitrogens with zero attached hydrogens (tertiary/aromatic N) is 1. The molecule has 0 radical (unpaired) electrons. The number of aliphatic hydroxyl groups is 1. The van der Waals surface area contributed by atoms with Gasteiger partial charge in [0.25, 0.3) is 0 Å². The van der Waals surface area contributed by atoms with Gasteiger partial charge in [-0.3, -0.25) is 4.31 Å². The molecule has 1 unspecified atom stereocenters. The molecule has 0 bridgehead atoms. The minimum absolute atomic E-state index is 0.174. The number of unbranched alkanes of at least 4 members (excludes halogenated alkanes) is 1. The Balaban J connectivity index is 2.43. The third-order valence-electron chi connectivity index (χ3n) is 3.57. The van der Waals surface area contributed by atoms with Crippen LogP contribution in [0.3, 0.4) is 0 Å². The number of aryl methyl sites for hydroxylation is 1. The van der Waals surface area contributed by atoms with Gasteiger partial charge in [0, 0.05) is 12.1 Å². The molecule has 2 rings (SSSR count). The number of benzene rings is 1. The summed E-state index contributed by atoms with van der Waals surface area (Å²) in [6, 6.07) is 5.56. The van der Waals surface area contributed by atoms with Crippen LogP contribution in [0.4, 0.5) is 5.69 Å². The maximum atomic E-state index is 12.4. The van der Waals surface area contributed by atoms with E-state index < -0.39 is 16.1 Å². The molecule has 1 aromatic carbocycles. The highest BCUT2D eigenvalue weighted by atomic mass is 32.2. The van der Waals surface area contributed by atoms with E-state index >= 15 is 0 Å². The van der Waals surface area contributed by atoms with Gasteiger partial charge in [-0.25, -0.2) is 8.42 Å². The lowest BCUT2D eigenvalue weighted by atomic mass is 9.98. The van der Waals surface area contributed by atoms with Gasteiger partial charge in [0.1, 0.15) is 0 Å². The minimum atomic E-state index is -3.28. The molecule has 1 aromatic rings. The van der Waals surface area contributed by atoms with Gasteiger partial charge in [0.05, 0.1) is 17.5 Å². The molecule has 1 aliphatic rings. The molecule has 0 saturated heterocycles. The molecule has 1 atom stereocenters. The van der Waals surface area contributed by atoms with Crippen molar-refractivity contribution in [3.05, 3.63) is 29.3 Å². The Hall–Kier alpha value is -1.07. The quantitative estimate of drug-likeness (QED) is 0.923. The molecule has 1 heterocycles. The summed E-state index contributed by atoms with van der Waals surface area (Å²) >= 11 is 0. The molecular weight excluding hydrogens is 262 g/mol. The molecule has 0 spiro atoms. The van der Waals surface area contributed by atoms with Gasteiger partial charge in [-0.2, -0.15) is 0 Å². The van der Waals surface area contributed by atoms with E-state index in [4.69, 9.17) is 0 Å². The van der Waals surface area contributed by atoms with Crippen molar-refractivity contribution >= 4 is 15.7 Å². The maximum absolute atomic E-state index is 12.4. The summed E-state index contributed by atoms with van der Waals surface area (Å²) in [4.78, 5) is 0. The number of sulfonamides is 1. The molecule has 0 aliphatic carbocycles. The van der Waals surface area contributed by atoms with Gasteiger partial charge in [-0.05, 0) is 25.3 Å². The first-order chi connectivity index (χ1) is 8.97. The Morgan fingerprint density at radius 1 is 1.42 bits per heavy atom. The summed E-state index contributed by atoms with van der Waals surface area (Å²) in [5.41, 5.74) is 2.31. The Morgan fingerprint density at radius 2 is 2.16 bits per heavy atom. The third-order valence-corrected chi connectivity index (χ3v) is 5.42. The van der Waals surface area contributed by atoms with E-state index in [1.807, 2.05) is 32.0 Å². The molecule has 106 valence electrons. The Kier molecular flexibility index (Phi) is 4.16. The highest BCUT2D eigenvalue weighted by Crippen LogP contribution is 2.37. The second kappa shape index (κ2) is 5.51. The summed E-state index contributed by atoms with van der Waals surface area (Å²) in [6.45, 7) is 4.24. The molecule has 19 heavy (non-hydrogen) atoms. The summed E-state index contributed by atoms with van der Waals surface area (Å²) < 4.78 is 26.3. The highest BCUT2D eigenvalue weighted by molar-refractivity contribution is 7.92. The molecule has 5 heteroatoms. The van der Waals surface area contributed by atoms with Gasteiger partial charge < -0.3 is 5.11 Å². The highest BCUT2D eigenvalue weighted by Gasteiger charge is 2.31. The van der Waals surface area contributed by atoms with Crippen molar-refractivity contribution in [2.24, 2.45) is 0 Å². The van der Waals surface area contributed by atoms with Crippen LogP contribution < -0.4 is 4.31 Å². The van der Waals surface area contributed by atoms with Crippen LogP contribution >= 0.6 is 0 Å². The Morgan fingerprint density at radius 3 is 2.84 bits per heavy atom. The first kappa shape index (κ1) is 14.3.